The van der Waals surface area contributed by atoms with Crippen LogP contribution in [0.3, 0.4) is 0 Å². The van der Waals surface area contributed by atoms with Gasteiger partial charge in [-0.15, -0.1) is 0 Å². The number of pyridine rings is 1. The molecule has 0 saturated carbocycles. The highest BCUT2D eigenvalue weighted by molar-refractivity contribution is 6.30. The van der Waals surface area contributed by atoms with Crippen molar-refractivity contribution < 1.29 is 4.79 Å². The van der Waals surface area contributed by atoms with Gasteiger partial charge in [-0.25, -0.2) is 15.0 Å². The number of halogens is 1. The lowest BCUT2D eigenvalue weighted by atomic mass is 9.92. The zero-order chi connectivity index (χ0) is 22.0. The van der Waals surface area contributed by atoms with Gasteiger partial charge >= 0.3 is 0 Å². The van der Waals surface area contributed by atoms with Crippen LogP contribution >= 0.6 is 11.6 Å². The number of aromatic nitrogens is 5. The third-order valence-electron chi connectivity index (χ3n) is 5.37. The maximum Gasteiger partial charge on any atom is 0.252 e. The van der Waals surface area contributed by atoms with Crippen molar-refractivity contribution in [1.29, 1.82) is 0 Å². The first-order valence-electron chi connectivity index (χ1n) is 10.4. The zero-order valence-corrected chi connectivity index (χ0v) is 18.7. The lowest BCUT2D eigenvalue weighted by Gasteiger charge is -2.32. The molecule has 1 N–H and O–H groups in total. The van der Waals surface area contributed by atoms with Crippen LogP contribution in [-0.4, -0.2) is 43.7 Å². The second kappa shape index (κ2) is 8.63. The van der Waals surface area contributed by atoms with Crippen LogP contribution in [0, 0.1) is 5.92 Å². The van der Waals surface area contributed by atoms with E-state index in [4.69, 9.17) is 11.6 Å². The highest BCUT2D eigenvalue weighted by atomic mass is 35.5. The van der Waals surface area contributed by atoms with Gasteiger partial charge in [-0.05, 0) is 31.0 Å². The first-order valence-corrected chi connectivity index (χ1v) is 10.7. The molecular formula is C22H26ClN7O. The molecule has 9 heteroatoms. The van der Waals surface area contributed by atoms with E-state index in [1.807, 2.05) is 18.2 Å². The molecule has 0 aliphatic carbocycles. The normalized spacial score (nSPS) is 15.2. The Balaban J connectivity index is 1.47. The monoisotopic (exact) mass is 439 g/mol. The Morgan fingerprint density at radius 1 is 1.13 bits per heavy atom. The van der Waals surface area contributed by atoms with Gasteiger partial charge in [0.2, 0.25) is 5.91 Å². The predicted molar refractivity (Wildman–Crippen MR) is 121 cm³/mol. The molecule has 0 bridgehead atoms. The first-order chi connectivity index (χ1) is 14.8. The molecule has 0 aromatic carbocycles. The van der Waals surface area contributed by atoms with Crippen LogP contribution < -0.4 is 10.2 Å². The fourth-order valence-corrected chi connectivity index (χ4v) is 3.66. The molecule has 0 atom stereocenters. The Bertz CT molecular complexity index is 1040. The van der Waals surface area contributed by atoms with E-state index < -0.39 is 0 Å². The minimum absolute atomic E-state index is 0.0127. The molecule has 31 heavy (non-hydrogen) atoms. The number of nitrogens with zero attached hydrogens (tertiary/aromatic N) is 6. The van der Waals surface area contributed by atoms with Crippen molar-refractivity contribution in [2.75, 3.05) is 23.3 Å². The molecule has 3 aromatic heterocycles. The molecule has 4 heterocycles. The van der Waals surface area contributed by atoms with Gasteiger partial charge in [0.1, 0.15) is 11.6 Å². The van der Waals surface area contributed by atoms with E-state index in [1.165, 1.54) is 0 Å². The van der Waals surface area contributed by atoms with Gasteiger partial charge in [0.05, 0.1) is 10.7 Å². The third-order valence-corrected chi connectivity index (χ3v) is 5.60. The summed E-state index contributed by atoms with van der Waals surface area (Å²) in [5.41, 5.74) is 0.690. The Labute approximate surface area is 186 Å². The standard InChI is InChI=1S/C22H26ClN7O/c1-22(2,3)17-13-19(30(28-17)21-24-9-4-10-25-21)27-20(31)15-7-11-29(12-8-15)18-6-5-16(23)14-26-18/h4-6,9-10,13-15H,7-8,11-12H2,1-3H3,(H,27,31). The van der Waals surface area contributed by atoms with E-state index in [1.54, 1.807) is 29.3 Å². The highest BCUT2D eigenvalue weighted by Gasteiger charge is 2.28. The summed E-state index contributed by atoms with van der Waals surface area (Å²) >= 11 is 5.93. The zero-order valence-electron chi connectivity index (χ0n) is 17.9. The molecule has 1 saturated heterocycles. The Hall–Kier alpha value is -3.00. The molecule has 8 nitrogen and oxygen atoms in total. The van der Waals surface area contributed by atoms with Crippen molar-refractivity contribution in [3.8, 4) is 5.95 Å². The van der Waals surface area contributed by atoms with E-state index >= 15 is 0 Å². The summed E-state index contributed by atoms with van der Waals surface area (Å²) in [5, 5.41) is 8.34. The van der Waals surface area contributed by atoms with Crippen LogP contribution in [-0.2, 0) is 10.2 Å². The van der Waals surface area contributed by atoms with Crippen molar-refractivity contribution in [2.45, 2.75) is 39.0 Å². The number of rotatable bonds is 4. The van der Waals surface area contributed by atoms with Gasteiger partial charge in [-0.3, -0.25) is 4.79 Å². The van der Waals surface area contributed by atoms with Crippen molar-refractivity contribution >= 4 is 29.1 Å². The van der Waals surface area contributed by atoms with Gasteiger partial charge in [-0.1, -0.05) is 32.4 Å². The summed E-state index contributed by atoms with van der Waals surface area (Å²) in [6, 6.07) is 7.40. The molecule has 1 aliphatic rings. The lowest BCUT2D eigenvalue weighted by Crippen LogP contribution is -2.38. The van der Waals surface area contributed by atoms with Crippen LogP contribution in [0.15, 0.2) is 42.9 Å². The van der Waals surface area contributed by atoms with E-state index in [9.17, 15) is 4.79 Å². The van der Waals surface area contributed by atoms with Gasteiger partial charge in [0.25, 0.3) is 5.95 Å². The molecule has 3 aromatic rings. The third kappa shape index (κ3) is 4.85. The van der Waals surface area contributed by atoms with Gasteiger partial charge in [0, 0.05) is 49.1 Å². The van der Waals surface area contributed by atoms with E-state index in [0.29, 0.717) is 16.8 Å². The predicted octanol–water partition coefficient (Wildman–Crippen LogP) is 3.86. The SMILES string of the molecule is CC(C)(C)c1cc(NC(=O)C2CCN(c3ccc(Cl)cn3)CC2)n(-c2ncccn2)n1. The molecule has 0 unspecified atom stereocenters. The number of hydrogen-bond acceptors (Lipinski definition) is 6. The van der Waals surface area contributed by atoms with Crippen molar-refractivity contribution in [1.82, 2.24) is 24.7 Å². The summed E-state index contributed by atoms with van der Waals surface area (Å²) in [4.78, 5) is 28.2. The fraction of sp³-hybridized carbons (Fsp3) is 0.409. The smallest absolute Gasteiger partial charge is 0.252 e. The summed E-state index contributed by atoms with van der Waals surface area (Å²) in [6.07, 6.45) is 6.46. The highest BCUT2D eigenvalue weighted by Crippen LogP contribution is 2.27. The first kappa shape index (κ1) is 21.2. The minimum Gasteiger partial charge on any atom is -0.357 e. The molecule has 0 spiro atoms. The van der Waals surface area contributed by atoms with Gasteiger partial charge in [0.15, 0.2) is 0 Å². The van der Waals surface area contributed by atoms with Crippen LogP contribution in [0.1, 0.15) is 39.3 Å². The van der Waals surface area contributed by atoms with Crippen LogP contribution in [0.4, 0.5) is 11.6 Å². The number of amides is 1. The quantitative estimate of drug-likeness (QED) is 0.663. The molecular weight excluding hydrogens is 414 g/mol. The number of carbonyl (C=O) groups is 1. The van der Waals surface area contributed by atoms with Crippen LogP contribution in [0.5, 0.6) is 0 Å². The number of piperidine rings is 1. The Morgan fingerprint density at radius 2 is 1.84 bits per heavy atom. The largest absolute Gasteiger partial charge is 0.357 e. The molecule has 1 fully saturated rings. The number of nitrogens with one attached hydrogen (secondary N) is 1. The second-order valence-electron chi connectivity index (χ2n) is 8.71. The van der Waals surface area contributed by atoms with Crippen molar-refractivity contribution in [2.24, 2.45) is 5.92 Å². The van der Waals surface area contributed by atoms with Crippen LogP contribution in [0.25, 0.3) is 5.95 Å². The van der Waals surface area contributed by atoms with Gasteiger partial charge < -0.3 is 10.2 Å². The summed E-state index contributed by atoms with van der Waals surface area (Å²) in [5.74, 6) is 1.81. The summed E-state index contributed by atoms with van der Waals surface area (Å²) in [6.45, 7) is 7.77. The van der Waals surface area contributed by atoms with E-state index in [-0.39, 0.29) is 17.2 Å². The van der Waals surface area contributed by atoms with Crippen molar-refractivity contribution in [3.63, 3.8) is 0 Å². The lowest BCUT2D eigenvalue weighted by molar-refractivity contribution is -0.120. The number of hydrogen-bond donors (Lipinski definition) is 1. The number of carbonyl (C=O) groups excluding carboxylic acids is 1. The van der Waals surface area contributed by atoms with E-state index in [0.717, 1.165) is 37.4 Å². The van der Waals surface area contributed by atoms with Gasteiger partial charge in [-0.2, -0.15) is 9.78 Å². The molecule has 4 rings (SSSR count). The van der Waals surface area contributed by atoms with E-state index in [2.05, 4.69) is 51.0 Å². The minimum atomic E-state index is -0.170. The molecule has 162 valence electrons. The average Bonchev–Trinajstić information content (AvgIpc) is 3.19. The fourth-order valence-electron chi connectivity index (χ4n) is 3.54. The molecule has 1 amide bonds. The topological polar surface area (TPSA) is 88.8 Å². The molecule has 1 aliphatic heterocycles. The Kier molecular flexibility index (Phi) is 5.91. The summed E-state index contributed by atoms with van der Waals surface area (Å²) in [7, 11) is 0. The second-order valence-corrected chi connectivity index (χ2v) is 9.15. The molecule has 0 radical (unpaired) electrons. The maximum absolute atomic E-state index is 13.1. The van der Waals surface area contributed by atoms with Crippen LogP contribution in [0.2, 0.25) is 5.02 Å². The Morgan fingerprint density at radius 3 is 2.45 bits per heavy atom. The summed E-state index contributed by atoms with van der Waals surface area (Å²) < 4.78 is 1.60. The average molecular weight is 440 g/mol. The van der Waals surface area contributed by atoms with Crippen molar-refractivity contribution in [3.05, 3.63) is 53.6 Å². The maximum atomic E-state index is 13.1. The number of anilines is 2.